The van der Waals surface area contributed by atoms with Crippen molar-refractivity contribution in [1.82, 2.24) is 10.3 Å². The van der Waals surface area contributed by atoms with E-state index in [9.17, 15) is 13.2 Å². The number of nitrogens with one attached hydrogen (secondary N) is 1. The van der Waals surface area contributed by atoms with Crippen LogP contribution < -0.4 is 5.32 Å². The lowest BCUT2D eigenvalue weighted by Crippen LogP contribution is -2.39. The van der Waals surface area contributed by atoms with Gasteiger partial charge in [0.2, 0.25) is 5.91 Å². The number of carbonyl (C=O) groups excluding carboxylic acids is 1. The third-order valence-corrected chi connectivity index (χ3v) is 8.43. The predicted molar refractivity (Wildman–Crippen MR) is 121 cm³/mol. The van der Waals surface area contributed by atoms with Crippen molar-refractivity contribution in [3.8, 4) is 6.07 Å². The number of pyridine rings is 1. The molecule has 1 heterocycles. The van der Waals surface area contributed by atoms with Gasteiger partial charge in [-0.2, -0.15) is 5.26 Å². The summed E-state index contributed by atoms with van der Waals surface area (Å²) in [6, 6.07) is 14.8. The molecule has 0 aliphatic heterocycles. The quantitative estimate of drug-likeness (QED) is 0.456. The van der Waals surface area contributed by atoms with E-state index >= 15 is 0 Å². The molecule has 1 aromatic heterocycles. The molecule has 0 unspecified atom stereocenters. The van der Waals surface area contributed by atoms with E-state index in [4.69, 9.17) is 5.26 Å². The summed E-state index contributed by atoms with van der Waals surface area (Å²) >= 11 is 1.67. The average molecular weight is 458 g/mol. The lowest BCUT2D eigenvalue weighted by atomic mass is 9.80. The topological polar surface area (TPSA) is 99.9 Å². The molecule has 0 spiro atoms. The van der Waals surface area contributed by atoms with E-state index in [1.807, 2.05) is 36.4 Å². The fourth-order valence-electron chi connectivity index (χ4n) is 3.95. The Bertz CT molecular complexity index is 1000. The van der Waals surface area contributed by atoms with E-state index in [-0.39, 0.29) is 30.0 Å². The van der Waals surface area contributed by atoms with Gasteiger partial charge >= 0.3 is 0 Å². The first-order valence-corrected chi connectivity index (χ1v) is 13.1. The van der Waals surface area contributed by atoms with Gasteiger partial charge in [-0.1, -0.05) is 18.9 Å². The van der Waals surface area contributed by atoms with Crippen LogP contribution in [0, 0.1) is 23.2 Å². The molecule has 0 radical (unpaired) electrons. The molecule has 1 aliphatic rings. The molecule has 2 aromatic rings. The van der Waals surface area contributed by atoms with Crippen molar-refractivity contribution in [1.29, 1.82) is 5.26 Å². The van der Waals surface area contributed by atoms with Crippen LogP contribution in [0.1, 0.15) is 31.4 Å². The van der Waals surface area contributed by atoms with Crippen LogP contribution in [0.5, 0.6) is 0 Å². The van der Waals surface area contributed by atoms with Gasteiger partial charge in [0.1, 0.15) is 6.54 Å². The highest BCUT2D eigenvalue weighted by Crippen LogP contribution is 2.33. The van der Waals surface area contributed by atoms with Crippen molar-refractivity contribution >= 4 is 27.5 Å². The van der Waals surface area contributed by atoms with Crippen molar-refractivity contribution in [3.63, 3.8) is 0 Å². The molecule has 8 heteroatoms. The molecular weight excluding hydrogens is 430 g/mol. The SMILES string of the molecule is N#CCNC(=O)[C@@H]1CCCC[C@H]1CS(=O)(=O)c1ccc(SCCc2ccccn2)cc1. The Balaban J connectivity index is 1.59. The lowest BCUT2D eigenvalue weighted by molar-refractivity contribution is -0.127. The van der Waals surface area contributed by atoms with Crippen molar-refractivity contribution < 1.29 is 13.2 Å². The maximum absolute atomic E-state index is 13.0. The number of sulfone groups is 1. The van der Waals surface area contributed by atoms with Crippen molar-refractivity contribution in [2.75, 3.05) is 18.1 Å². The van der Waals surface area contributed by atoms with Crippen LogP contribution in [0.2, 0.25) is 0 Å². The lowest BCUT2D eigenvalue weighted by Gasteiger charge is -2.30. The monoisotopic (exact) mass is 457 g/mol. The number of benzene rings is 1. The second-order valence-electron chi connectivity index (χ2n) is 7.70. The zero-order valence-electron chi connectivity index (χ0n) is 17.4. The number of aromatic nitrogens is 1. The molecule has 0 saturated heterocycles. The van der Waals surface area contributed by atoms with E-state index < -0.39 is 9.84 Å². The predicted octanol–water partition coefficient (Wildman–Crippen LogP) is 3.64. The standard InChI is InChI=1S/C23H27N3O3S2/c24-13-15-26-23(27)22-7-2-1-5-18(22)17-31(28,29)21-10-8-20(9-11-21)30-16-12-19-6-3-4-14-25-19/h3-4,6,8-11,14,18,22H,1-2,5,7,12,15-17H2,(H,26,27)/t18-,22+/m0/s1. The molecule has 1 aromatic carbocycles. The van der Waals surface area contributed by atoms with Crippen molar-refractivity contribution in [2.24, 2.45) is 11.8 Å². The summed E-state index contributed by atoms with van der Waals surface area (Å²) < 4.78 is 26.0. The first kappa shape index (κ1) is 23.3. The molecule has 1 N–H and O–H groups in total. The maximum Gasteiger partial charge on any atom is 0.224 e. The summed E-state index contributed by atoms with van der Waals surface area (Å²) in [5.74, 6) is 0.0540. The van der Waals surface area contributed by atoms with Gasteiger partial charge in [0, 0.05) is 28.5 Å². The second kappa shape index (κ2) is 11.3. The summed E-state index contributed by atoms with van der Waals surface area (Å²) in [5.41, 5.74) is 1.04. The first-order chi connectivity index (χ1) is 15.0. The van der Waals surface area contributed by atoms with Crippen LogP contribution in [-0.4, -0.2) is 37.4 Å². The fourth-order valence-corrected chi connectivity index (χ4v) is 6.53. The molecule has 0 bridgehead atoms. The van der Waals surface area contributed by atoms with Gasteiger partial charge in [-0.05, 0) is 61.6 Å². The molecule has 3 rings (SSSR count). The molecular formula is C23H27N3O3S2. The number of nitrogens with zero attached hydrogens (tertiary/aromatic N) is 2. The highest BCUT2D eigenvalue weighted by Gasteiger charge is 2.34. The van der Waals surface area contributed by atoms with Crippen LogP contribution in [-0.2, 0) is 21.1 Å². The van der Waals surface area contributed by atoms with E-state index in [1.165, 1.54) is 0 Å². The van der Waals surface area contributed by atoms with Gasteiger partial charge in [0.15, 0.2) is 9.84 Å². The summed E-state index contributed by atoms with van der Waals surface area (Å²) in [4.78, 5) is 18.0. The molecule has 2 atom stereocenters. The highest BCUT2D eigenvalue weighted by molar-refractivity contribution is 7.99. The molecule has 31 heavy (non-hydrogen) atoms. The number of hydrogen-bond acceptors (Lipinski definition) is 6. The largest absolute Gasteiger partial charge is 0.343 e. The minimum Gasteiger partial charge on any atom is -0.343 e. The van der Waals surface area contributed by atoms with E-state index in [0.29, 0.717) is 17.7 Å². The van der Waals surface area contributed by atoms with E-state index in [1.54, 1.807) is 30.1 Å². The number of carbonyl (C=O) groups is 1. The summed E-state index contributed by atoms with van der Waals surface area (Å²) in [7, 11) is -3.49. The zero-order chi connectivity index (χ0) is 22.1. The van der Waals surface area contributed by atoms with Crippen molar-refractivity contribution in [2.45, 2.75) is 41.9 Å². The number of rotatable bonds is 9. The Labute approximate surface area is 188 Å². The smallest absolute Gasteiger partial charge is 0.224 e. The molecule has 1 aliphatic carbocycles. The average Bonchev–Trinajstić information content (AvgIpc) is 2.78. The van der Waals surface area contributed by atoms with Crippen LogP contribution in [0.25, 0.3) is 0 Å². The number of hydrogen-bond donors (Lipinski definition) is 1. The number of aryl methyl sites for hydroxylation is 1. The Morgan fingerprint density at radius 3 is 2.65 bits per heavy atom. The summed E-state index contributed by atoms with van der Waals surface area (Å²) in [6.45, 7) is -0.0474. The third kappa shape index (κ3) is 6.81. The molecule has 1 fully saturated rings. The third-order valence-electron chi connectivity index (χ3n) is 5.56. The minimum atomic E-state index is -3.49. The van der Waals surface area contributed by atoms with Gasteiger partial charge in [0.05, 0.1) is 16.7 Å². The van der Waals surface area contributed by atoms with E-state index in [2.05, 4.69) is 10.3 Å². The van der Waals surface area contributed by atoms with Gasteiger partial charge < -0.3 is 5.32 Å². The van der Waals surface area contributed by atoms with Crippen LogP contribution in [0.3, 0.4) is 0 Å². The zero-order valence-corrected chi connectivity index (χ0v) is 19.0. The number of thioether (sulfide) groups is 1. The second-order valence-corrected chi connectivity index (χ2v) is 10.9. The fraction of sp³-hybridized carbons (Fsp3) is 0.435. The normalized spacial score (nSPS) is 18.8. The maximum atomic E-state index is 13.0. The van der Waals surface area contributed by atoms with Crippen LogP contribution >= 0.6 is 11.8 Å². The Morgan fingerprint density at radius 1 is 1.16 bits per heavy atom. The van der Waals surface area contributed by atoms with Crippen LogP contribution in [0.15, 0.2) is 58.5 Å². The highest BCUT2D eigenvalue weighted by atomic mass is 32.2. The van der Waals surface area contributed by atoms with Gasteiger partial charge in [-0.15, -0.1) is 11.8 Å². The summed E-state index contributed by atoms with van der Waals surface area (Å²) in [5, 5.41) is 11.3. The van der Waals surface area contributed by atoms with Gasteiger partial charge in [0.25, 0.3) is 0 Å². The number of amides is 1. The Morgan fingerprint density at radius 2 is 1.94 bits per heavy atom. The van der Waals surface area contributed by atoms with Crippen LogP contribution in [0.4, 0.5) is 0 Å². The number of nitriles is 1. The minimum absolute atomic E-state index is 0.0379. The van der Waals surface area contributed by atoms with E-state index in [0.717, 1.165) is 35.6 Å². The Kier molecular flexibility index (Phi) is 8.50. The molecule has 1 amide bonds. The van der Waals surface area contributed by atoms with Gasteiger partial charge in [-0.3, -0.25) is 9.78 Å². The van der Waals surface area contributed by atoms with Gasteiger partial charge in [-0.25, -0.2) is 8.42 Å². The molecule has 1 saturated carbocycles. The van der Waals surface area contributed by atoms with Crippen molar-refractivity contribution in [3.05, 3.63) is 54.4 Å². The molecule has 6 nitrogen and oxygen atoms in total. The first-order valence-electron chi connectivity index (χ1n) is 10.5. The summed E-state index contributed by atoms with van der Waals surface area (Å²) in [6.07, 6.45) is 5.85. The Hall–Kier alpha value is -2.37. The molecule has 164 valence electrons.